The van der Waals surface area contributed by atoms with Crippen LogP contribution in [0.25, 0.3) is 10.2 Å². The summed E-state index contributed by atoms with van der Waals surface area (Å²) in [6.45, 7) is 0.239. The summed E-state index contributed by atoms with van der Waals surface area (Å²) in [5.74, 6) is 2.92. The number of thiazole rings is 1. The van der Waals surface area contributed by atoms with Gasteiger partial charge < -0.3 is 4.57 Å². The van der Waals surface area contributed by atoms with Gasteiger partial charge in [-0.05, 0) is 18.2 Å². The van der Waals surface area contributed by atoms with Crippen molar-refractivity contribution in [2.45, 2.75) is 17.9 Å². The van der Waals surface area contributed by atoms with Crippen LogP contribution in [0.15, 0.2) is 58.4 Å². The van der Waals surface area contributed by atoms with Crippen molar-refractivity contribution in [2.75, 3.05) is 5.75 Å². The topological polar surface area (TPSA) is 77.5 Å². The minimum absolute atomic E-state index is 0.00579. The van der Waals surface area contributed by atoms with Gasteiger partial charge in [0.15, 0.2) is 4.80 Å². The predicted octanol–water partition coefficient (Wildman–Crippen LogP) is 3.85. The van der Waals surface area contributed by atoms with Crippen LogP contribution in [-0.4, -0.2) is 21.2 Å². The summed E-state index contributed by atoms with van der Waals surface area (Å²) in [7, 11) is 0. The molecule has 0 bridgehead atoms. The number of nitro benzene ring substituents is 1. The molecule has 0 fully saturated rings. The Bertz CT molecular complexity index is 1090. The Morgan fingerprint density at radius 1 is 1.30 bits per heavy atom. The van der Waals surface area contributed by atoms with Crippen molar-refractivity contribution in [3.63, 3.8) is 0 Å². The molecule has 6 nitrogen and oxygen atoms in total. The highest BCUT2D eigenvalue weighted by molar-refractivity contribution is 7.99. The first kappa shape index (κ1) is 18.9. The van der Waals surface area contributed by atoms with Gasteiger partial charge in [0.1, 0.15) is 0 Å². The molecule has 8 heteroatoms. The summed E-state index contributed by atoms with van der Waals surface area (Å²) in [6, 6.07) is 14.4. The molecule has 3 aromatic rings. The number of nitrogens with zero attached hydrogens (tertiary/aromatic N) is 3. The number of thioether (sulfide) groups is 1. The number of terminal acetylenes is 1. The molecule has 0 aliphatic carbocycles. The molecular weight excluding hydrogens is 382 g/mol. The first-order chi connectivity index (χ1) is 13.1. The Balaban J connectivity index is 1.83. The second-order valence-electron chi connectivity index (χ2n) is 5.50. The van der Waals surface area contributed by atoms with E-state index >= 15 is 0 Å². The van der Waals surface area contributed by atoms with Crippen molar-refractivity contribution in [3.05, 3.63) is 63.4 Å². The van der Waals surface area contributed by atoms with Gasteiger partial charge >= 0.3 is 0 Å². The van der Waals surface area contributed by atoms with E-state index in [9.17, 15) is 14.9 Å². The average Bonchev–Trinajstić information content (AvgIpc) is 2.99. The van der Waals surface area contributed by atoms with Crippen LogP contribution in [0.5, 0.6) is 0 Å². The monoisotopic (exact) mass is 397 g/mol. The van der Waals surface area contributed by atoms with Crippen LogP contribution in [-0.2, 0) is 11.3 Å². The lowest BCUT2D eigenvalue weighted by Gasteiger charge is -2.00. The average molecular weight is 397 g/mol. The Morgan fingerprint density at radius 2 is 2.07 bits per heavy atom. The number of benzene rings is 2. The number of rotatable bonds is 6. The van der Waals surface area contributed by atoms with Gasteiger partial charge in [-0.15, -0.1) is 18.2 Å². The molecule has 0 unspecified atom stereocenters. The van der Waals surface area contributed by atoms with Gasteiger partial charge in [0, 0.05) is 29.2 Å². The fourth-order valence-corrected chi connectivity index (χ4v) is 4.38. The highest BCUT2D eigenvalue weighted by Gasteiger charge is 2.12. The molecule has 0 atom stereocenters. The van der Waals surface area contributed by atoms with Crippen molar-refractivity contribution in [3.8, 4) is 12.3 Å². The molecular formula is C19H15N3O3S2. The molecule has 0 saturated carbocycles. The van der Waals surface area contributed by atoms with E-state index in [-0.39, 0.29) is 18.1 Å². The number of carbonyl (C=O) groups excluding carboxylic acids is 1. The lowest BCUT2D eigenvalue weighted by Crippen LogP contribution is -2.16. The SMILES string of the molecule is C#CCn1c(=NC(=O)CCSc2ccccc2)sc2cc([N+](=O)[O-])ccc21. The minimum Gasteiger partial charge on any atom is -0.305 e. The number of amides is 1. The van der Waals surface area contributed by atoms with E-state index in [0.717, 1.165) is 10.4 Å². The van der Waals surface area contributed by atoms with Gasteiger partial charge in [-0.1, -0.05) is 35.5 Å². The number of hydrogen-bond donors (Lipinski definition) is 0. The van der Waals surface area contributed by atoms with Gasteiger partial charge in [-0.25, -0.2) is 0 Å². The second-order valence-corrected chi connectivity index (χ2v) is 7.68. The maximum atomic E-state index is 12.3. The molecule has 3 rings (SSSR count). The zero-order valence-corrected chi connectivity index (χ0v) is 15.8. The van der Waals surface area contributed by atoms with E-state index in [2.05, 4.69) is 10.9 Å². The highest BCUT2D eigenvalue weighted by atomic mass is 32.2. The smallest absolute Gasteiger partial charge is 0.270 e. The van der Waals surface area contributed by atoms with Gasteiger partial charge in [-0.2, -0.15) is 4.99 Å². The third kappa shape index (κ3) is 4.64. The molecule has 1 heterocycles. The van der Waals surface area contributed by atoms with Crippen LogP contribution in [0.1, 0.15) is 6.42 Å². The first-order valence-electron chi connectivity index (χ1n) is 8.05. The number of non-ortho nitro benzene ring substituents is 1. The molecule has 0 radical (unpaired) electrons. The molecule has 2 aromatic carbocycles. The number of fused-ring (bicyclic) bond motifs is 1. The van der Waals surface area contributed by atoms with Crippen LogP contribution < -0.4 is 4.80 Å². The molecule has 136 valence electrons. The summed E-state index contributed by atoms with van der Waals surface area (Å²) in [6.07, 6.45) is 5.72. The zero-order valence-electron chi connectivity index (χ0n) is 14.2. The van der Waals surface area contributed by atoms with Gasteiger partial charge in [0.25, 0.3) is 5.69 Å². The zero-order chi connectivity index (χ0) is 19.2. The highest BCUT2D eigenvalue weighted by Crippen LogP contribution is 2.23. The molecule has 0 N–H and O–H groups in total. The van der Waals surface area contributed by atoms with Crippen molar-refractivity contribution in [1.29, 1.82) is 0 Å². The van der Waals surface area contributed by atoms with Gasteiger partial charge in [0.2, 0.25) is 5.91 Å². The Labute approximate surface area is 163 Å². The Morgan fingerprint density at radius 3 is 2.78 bits per heavy atom. The summed E-state index contributed by atoms with van der Waals surface area (Å²) in [5.41, 5.74) is 0.725. The van der Waals surface area contributed by atoms with Crippen LogP contribution in [0.3, 0.4) is 0 Å². The van der Waals surface area contributed by atoms with Crippen LogP contribution in [0, 0.1) is 22.5 Å². The fourth-order valence-electron chi connectivity index (χ4n) is 2.44. The fraction of sp³-hybridized carbons (Fsp3) is 0.158. The van der Waals surface area contributed by atoms with E-state index in [4.69, 9.17) is 6.42 Å². The van der Waals surface area contributed by atoms with Crippen LogP contribution >= 0.6 is 23.1 Å². The Hall–Kier alpha value is -2.89. The molecule has 1 aromatic heterocycles. The van der Waals surface area contributed by atoms with Gasteiger partial charge in [-0.3, -0.25) is 14.9 Å². The predicted molar refractivity (Wildman–Crippen MR) is 108 cm³/mol. The third-order valence-corrected chi connectivity index (χ3v) is 5.73. The minimum atomic E-state index is -0.451. The van der Waals surface area contributed by atoms with E-state index in [1.54, 1.807) is 22.4 Å². The maximum absolute atomic E-state index is 12.3. The van der Waals surface area contributed by atoms with E-state index in [1.807, 2.05) is 30.3 Å². The Kier molecular flexibility index (Phi) is 6.06. The molecule has 1 amide bonds. The van der Waals surface area contributed by atoms with Crippen molar-refractivity contribution < 1.29 is 9.72 Å². The summed E-state index contributed by atoms with van der Waals surface area (Å²) < 4.78 is 2.40. The molecule has 0 aliphatic rings. The maximum Gasteiger partial charge on any atom is 0.270 e. The van der Waals surface area contributed by atoms with Crippen molar-refractivity contribution >= 4 is 44.9 Å². The largest absolute Gasteiger partial charge is 0.305 e. The summed E-state index contributed by atoms with van der Waals surface area (Å²) in [4.78, 5) is 28.5. The summed E-state index contributed by atoms with van der Waals surface area (Å²) in [5, 5.41) is 11.0. The second kappa shape index (κ2) is 8.66. The lowest BCUT2D eigenvalue weighted by molar-refractivity contribution is -0.384. The van der Waals surface area contributed by atoms with Crippen LogP contribution in [0.2, 0.25) is 0 Å². The first-order valence-corrected chi connectivity index (χ1v) is 9.85. The number of nitro groups is 1. The van der Waals surface area contributed by atoms with E-state index in [0.29, 0.717) is 21.7 Å². The summed E-state index contributed by atoms with van der Waals surface area (Å²) >= 11 is 2.81. The lowest BCUT2D eigenvalue weighted by atomic mass is 10.3. The normalized spacial score (nSPS) is 11.4. The molecule has 0 spiro atoms. The van der Waals surface area contributed by atoms with E-state index in [1.165, 1.54) is 23.5 Å². The molecule has 0 aliphatic heterocycles. The van der Waals surface area contributed by atoms with Crippen molar-refractivity contribution in [2.24, 2.45) is 4.99 Å². The van der Waals surface area contributed by atoms with Crippen LogP contribution in [0.4, 0.5) is 5.69 Å². The number of carbonyl (C=O) groups is 1. The third-order valence-electron chi connectivity index (χ3n) is 3.67. The molecule has 0 saturated heterocycles. The van der Waals surface area contributed by atoms with E-state index < -0.39 is 4.92 Å². The number of hydrogen-bond acceptors (Lipinski definition) is 5. The van der Waals surface area contributed by atoms with Crippen molar-refractivity contribution in [1.82, 2.24) is 4.57 Å². The van der Waals surface area contributed by atoms with Gasteiger partial charge in [0.05, 0.1) is 21.7 Å². The quantitative estimate of drug-likeness (QED) is 0.274. The number of aromatic nitrogens is 1. The standard InChI is InChI=1S/C19H15N3O3S2/c1-2-11-21-16-9-8-14(22(24)25)13-17(16)27-19(21)20-18(23)10-12-26-15-6-4-3-5-7-15/h1,3-9,13H,10-12H2. The molecule has 27 heavy (non-hydrogen) atoms.